The molecule has 4 heteroatoms. The first kappa shape index (κ1) is 12.5. The van der Waals surface area contributed by atoms with Crippen molar-refractivity contribution in [2.75, 3.05) is 27.2 Å². The third-order valence-electron chi connectivity index (χ3n) is 3.27. The van der Waals surface area contributed by atoms with Crippen molar-refractivity contribution in [1.82, 2.24) is 15.5 Å². The lowest BCUT2D eigenvalue weighted by molar-refractivity contribution is -0.120. The number of rotatable bonds is 4. The van der Waals surface area contributed by atoms with Crippen LogP contribution < -0.4 is 10.6 Å². The van der Waals surface area contributed by atoms with Gasteiger partial charge in [-0.3, -0.25) is 4.79 Å². The molecule has 0 saturated carbocycles. The molecule has 0 aliphatic carbocycles. The maximum Gasteiger partial charge on any atom is 0.221 e. The molecule has 0 aromatic heterocycles. The molecule has 2 atom stereocenters. The summed E-state index contributed by atoms with van der Waals surface area (Å²) in [6, 6.07) is 1.23. The van der Waals surface area contributed by atoms with Crippen LogP contribution in [0.15, 0.2) is 0 Å². The average molecular weight is 213 g/mol. The third kappa shape index (κ3) is 4.18. The van der Waals surface area contributed by atoms with Gasteiger partial charge in [0.15, 0.2) is 0 Å². The van der Waals surface area contributed by atoms with Gasteiger partial charge in [0.1, 0.15) is 0 Å². The number of amides is 1. The molecule has 0 aromatic rings. The van der Waals surface area contributed by atoms with E-state index < -0.39 is 0 Å². The Labute approximate surface area is 92.4 Å². The van der Waals surface area contributed by atoms with Crippen LogP contribution in [-0.4, -0.2) is 50.1 Å². The van der Waals surface area contributed by atoms with E-state index in [1.807, 2.05) is 0 Å². The summed E-state index contributed by atoms with van der Waals surface area (Å²) in [6.45, 7) is 4.20. The molecule has 0 radical (unpaired) electrons. The van der Waals surface area contributed by atoms with Gasteiger partial charge in [0.25, 0.3) is 0 Å². The van der Waals surface area contributed by atoms with Crippen LogP contribution in [0.25, 0.3) is 0 Å². The van der Waals surface area contributed by atoms with Crippen LogP contribution in [0.4, 0.5) is 0 Å². The Morgan fingerprint density at radius 2 is 2.27 bits per heavy atom. The van der Waals surface area contributed by atoms with Gasteiger partial charge >= 0.3 is 0 Å². The summed E-state index contributed by atoms with van der Waals surface area (Å²) in [7, 11) is 3.85. The molecular weight excluding hydrogens is 190 g/mol. The Bertz CT molecular complexity index is 208. The van der Waals surface area contributed by atoms with Gasteiger partial charge < -0.3 is 15.5 Å². The molecule has 15 heavy (non-hydrogen) atoms. The molecule has 4 nitrogen and oxygen atoms in total. The number of carbonyl (C=O) groups is 1. The maximum absolute atomic E-state index is 11.0. The summed E-state index contributed by atoms with van der Waals surface area (Å²) >= 11 is 0. The second kappa shape index (κ2) is 6.08. The minimum Gasteiger partial charge on any atom is -0.359 e. The minimum atomic E-state index is 0.114. The average Bonchev–Trinajstić information content (AvgIpc) is 2.23. The molecule has 2 unspecified atom stereocenters. The van der Waals surface area contributed by atoms with Crippen molar-refractivity contribution in [2.45, 2.75) is 38.3 Å². The Hall–Kier alpha value is -0.610. The zero-order chi connectivity index (χ0) is 11.3. The second-order valence-corrected chi connectivity index (χ2v) is 4.43. The van der Waals surface area contributed by atoms with E-state index in [4.69, 9.17) is 0 Å². The van der Waals surface area contributed by atoms with Gasteiger partial charge in [0.05, 0.1) is 0 Å². The van der Waals surface area contributed by atoms with Crippen LogP contribution in [0.5, 0.6) is 0 Å². The molecule has 0 aromatic carbocycles. The topological polar surface area (TPSA) is 44.4 Å². The summed E-state index contributed by atoms with van der Waals surface area (Å²) in [5, 5.41) is 6.08. The molecule has 88 valence electrons. The zero-order valence-electron chi connectivity index (χ0n) is 10.0. The fourth-order valence-electron chi connectivity index (χ4n) is 1.99. The Morgan fingerprint density at radius 3 is 2.87 bits per heavy atom. The second-order valence-electron chi connectivity index (χ2n) is 4.43. The predicted octanol–water partition coefficient (Wildman–Crippen LogP) is 0.195. The molecule has 1 aliphatic rings. The summed E-state index contributed by atoms with van der Waals surface area (Å²) in [4.78, 5) is 13.4. The van der Waals surface area contributed by atoms with Gasteiger partial charge in [-0.05, 0) is 33.4 Å². The van der Waals surface area contributed by atoms with Crippen LogP contribution in [0, 0.1) is 0 Å². The van der Waals surface area contributed by atoms with E-state index in [1.54, 1.807) is 7.05 Å². The number of piperidine rings is 1. The van der Waals surface area contributed by atoms with Crippen LogP contribution in [0.2, 0.25) is 0 Å². The number of carbonyl (C=O) groups excluding carboxylic acids is 1. The smallest absolute Gasteiger partial charge is 0.221 e. The lowest BCUT2D eigenvalue weighted by atomic mass is 9.99. The molecule has 1 amide bonds. The Kier molecular flexibility index (Phi) is 5.05. The zero-order valence-corrected chi connectivity index (χ0v) is 10.0. The highest BCUT2D eigenvalue weighted by Crippen LogP contribution is 2.14. The maximum atomic E-state index is 11.0. The largest absolute Gasteiger partial charge is 0.359 e. The normalized spacial score (nSPS) is 27.7. The van der Waals surface area contributed by atoms with E-state index >= 15 is 0 Å². The first-order chi connectivity index (χ1) is 7.13. The van der Waals surface area contributed by atoms with Gasteiger partial charge in [0, 0.05) is 32.1 Å². The number of nitrogens with zero attached hydrogens (tertiary/aromatic N) is 1. The SMILES string of the molecule is CNC(=O)CCNC1CCN(C)C(C)C1. The first-order valence-electron chi connectivity index (χ1n) is 5.77. The van der Waals surface area contributed by atoms with E-state index in [0.29, 0.717) is 18.5 Å². The Morgan fingerprint density at radius 1 is 1.53 bits per heavy atom. The van der Waals surface area contributed by atoms with Crippen molar-refractivity contribution >= 4 is 5.91 Å². The highest BCUT2D eigenvalue weighted by Gasteiger charge is 2.21. The minimum absolute atomic E-state index is 0.114. The van der Waals surface area contributed by atoms with Crippen LogP contribution >= 0.6 is 0 Å². The fourth-order valence-corrected chi connectivity index (χ4v) is 1.99. The van der Waals surface area contributed by atoms with E-state index in [1.165, 1.54) is 12.8 Å². The van der Waals surface area contributed by atoms with Crippen molar-refractivity contribution in [1.29, 1.82) is 0 Å². The Balaban J connectivity index is 2.14. The third-order valence-corrected chi connectivity index (χ3v) is 3.27. The number of likely N-dealkylation sites (tertiary alicyclic amines) is 1. The monoisotopic (exact) mass is 213 g/mol. The van der Waals surface area contributed by atoms with Gasteiger partial charge in [-0.15, -0.1) is 0 Å². The summed E-state index contributed by atoms with van der Waals surface area (Å²) in [5.74, 6) is 0.114. The van der Waals surface area contributed by atoms with E-state index in [-0.39, 0.29) is 5.91 Å². The highest BCUT2D eigenvalue weighted by atomic mass is 16.1. The van der Waals surface area contributed by atoms with Crippen molar-refractivity contribution < 1.29 is 4.79 Å². The molecule has 1 saturated heterocycles. The van der Waals surface area contributed by atoms with Crippen molar-refractivity contribution in [3.05, 3.63) is 0 Å². The quantitative estimate of drug-likeness (QED) is 0.701. The molecule has 1 aliphatic heterocycles. The van der Waals surface area contributed by atoms with Gasteiger partial charge in [0.2, 0.25) is 5.91 Å². The fraction of sp³-hybridized carbons (Fsp3) is 0.909. The molecular formula is C11H23N3O. The molecule has 2 N–H and O–H groups in total. The van der Waals surface area contributed by atoms with Gasteiger partial charge in [-0.25, -0.2) is 0 Å². The van der Waals surface area contributed by atoms with Crippen LogP contribution in [0.3, 0.4) is 0 Å². The van der Waals surface area contributed by atoms with Crippen LogP contribution in [0.1, 0.15) is 26.2 Å². The molecule has 1 heterocycles. The van der Waals surface area contributed by atoms with Gasteiger partial charge in [-0.2, -0.15) is 0 Å². The lowest BCUT2D eigenvalue weighted by Gasteiger charge is -2.35. The van der Waals surface area contributed by atoms with E-state index in [9.17, 15) is 4.79 Å². The number of hydrogen-bond acceptors (Lipinski definition) is 3. The molecule has 1 rings (SSSR count). The van der Waals surface area contributed by atoms with Crippen molar-refractivity contribution in [2.24, 2.45) is 0 Å². The predicted molar refractivity (Wildman–Crippen MR) is 61.8 cm³/mol. The number of nitrogens with one attached hydrogen (secondary N) is 2. The summed E-state index contributed by atoms with van der Waals surface area (Å²) < 4.78 is 0. The van der Waals surface area contributed by atoms with Crippen molar-refractivity contribution in [3.63, 3.8) is 0 Å². The van der Waals surface area contributed by atoms with Crippen LogP contribution in [-0.2, 0) is 4.79 Å². The van der Waals surface area contributed by atoms with Gasteiger partial charge in [-0.1, -0.05) is 0 Å². The lowest BCUT2D eigenvalue weighted by Crippen LogP contribution is -2.46. The standard InChI is InChI=1S/C11H23N3O/c1-9-8-10(5-7-14(9)3)13-6-4-11(15)12-2/h9-10,13H,4-8H2,1-3H3,(H,12,15). The number of hydrogen-bond donors (Lipinski definition) is 2. The molecule has 0 bridgehead atoms. The van der Waals surface area contributed by atoms with E-state index in [0.717, 1.165) is 13.1 Å². The highest BCUT2D eigenvalue weighted by molar-refractivity contribution is 5.75. The van der Waals surface area contributed by atoms with E-state index in [2.05, 4.69) is 29.5 Å². The first-order valence-corrected chi connectivity index (χ1v) is 5.77. The molecule has 1 fully saturated rings. The molecule has 0 spiro atoms. The summed E-state index contributed by atoms with van der Waals surface area (Å²) in [6.07, 6.45) is 2.95. The van der Waals surface area contributed by atoms with Crippen molar-refractivity contribution in [3.8, 4) is 0 Å². The summed E-state index contributed by atoms with van der Waals surface area (Å²) in [5.41, 5.74) is 0.